The van der Waals surface area contributed by atoms with E-state index in [1.165, 1.54) is 17.5 Å². The lowest BCUT2D eigenvalue weighted by molar-refractivity contribution is -0.127. The molecule has 0 aliphatic heterocycles. The first kappa shape index (κ1) is 20.0. The average molecular weight is 424 g/mol. The maximum Gasteiger partial charge on any atom is 0.233 e. The average Bonchev–Trinajstić information content (AvgIpc) is 2.82. The summed E-state index contributed by atoms with van der Waals surface area (Å²) in [5, 5.41) is 0.936. The van der Waals surface area contributed by atoms with Crippen LogP contribution in [0.3, 0.4) is 0 Å². The molecule has 6 heteroatoms. The summed E-state index contributed by atoms with van der Waals surface area (Å²) < 4.78 is 3.26. The maximum atomic E-state index is 12.5. The van der Waals surface area contributed by atoms with Crippen molar-refractivity contribution >= 4 is 33.6 Å². The summed E-state index contributed by atoms with van der Waals surface area (Å²) in [6.07, 6.45) is 0. The van der Waals surface area contributed by atoms with Gasteiger partial charge in [0.1, 0.15) is 0 Å². The third kappa shape index (κ3) is 5.35. The number of rotatable bonds is 7. The standard InChI is InChI=1S/C19H26BrN3OS/c1-13(2)10-23-15(4)14(3)21-19(23)25-12-18(24)22(5)11-16-8-6-7-9-17(16)20/h6-9,13H,10-12H2,1-5H3. The van der Waals surface area contributed by atoms with Gasteiger partial charge in [-0.2, -0.15) is 0 Å². The molecule has 0 saturated carbocycles. The molecule has 0 spiro atoms. The number of carbonyl (C=O) groups is 1. The Bertz CT molecular complexity index is 742. The van der Waals surface area contributed by atoms with Crippen LogP contribution in [0, 0.1) is 19.8 Å². The Hall–Kier alpha value is -1.27. The summed E-state index contributed by atoms with van der Waals surface area (Å²) in [5.41, 5.74) is 3.33. The van der Waals surface area contributed by atoms with Crippen molar-refractivity contribution < 1.29 is 4.79 Å². The van der Waals surface area contributed by atoms with Crippen molar-refractivity contribution in [2.24, 2.45) is 5.92 Å². The van der Waals surface area contributed by atoms with E-state index in [-0.39, 0.29) is 5.91 Å². The zero-order chi connectivity index (χ0) is 18.6. The van der Waals surface area contributed by atoms with Gasteiger partial charge in [0, 0.05) is 30.3 Å². The van der Waals surface area contributed by atoms with Gasteiger partial charge in [0.05, 0.1) is 11.4 Å². The van der Waals surface area contributed by atoms with Crippen LogP contribution in [0.25, 0.3) is 0 Å². The first-order chi connectivity index (χ1) is 11.8. The minimum atomic E-state index is 0.107. The van der Waals surface area contributed by atoms with Crippen LogP contribution < -0.4 is 0 Å². The van der Waals surface area contributed by atoms with Gasteiger partial charge in [-0.25, -0.2) is 4.98 Å². The van der Waals surface area contributed by atoms with Gasteiger partial charge in [0.15, 0.2) is 5.16 Å². The molecule has 0 unspecified atom stereocenters. The lowest BCUT2D eigenvalue weighted by Gasteiger charge is -2.18. The molecular formula is C19H26BrN3OS. The molecule has 0 atom stereocenters. The molecule has 0 aliphatic carbocycles. The van der Waals surface area contributed by atoms with E-state index in [1.54, 1.807) is 4.90 Å². The topological polar surface area (TPSA) is 38.1 Å². The van der Waals surface area contributed by atoms with E-state index >= 15 is 0 Å². The number of nitrogens with zero attached hydrogens (tertiary/aromatic N) is 3. The molecule has 1 amide bonds. The summed E-state index contributed by atoms with van der Waals surface area (Å²) >= 11 is 5.06. The molecule has 2 rings (SSSR count). The number of aryl methyl sites for hydroxylation is 1. The quantitative estimate of drug-likeness (QED) is 0.607. The molecule has 1 aromatic heterocycles. The van der Waals surface area contributed by atoms with Crippen molar-refractivity contribution in [1.29, 1.82) is 0 Å². The number of carbonyl (C=O) groups excluding carboxylic acids is 1. The predicted molar refractivity (Wildman–Crippen MR) is 108 cm³/mol. The molecule has 0 aliphatic rings. The molecule has 0 fully saturated rings. The van der Waals surface area contributed by atoms with E-state index in [0.717, 1.165) is 27.4 Å². The fraction of sp³-hybridized carbons (Fsp3) is 0.474. The van der Waals surface area contributed by atoms with Crippen LogP contribution in [0.2, 0.25) is 0 Å². The summed E-state index contributed by atoms with van der Waals surface area (Å²) in [4.78, 5) is 18.9. The highest BCUT2D eigenvalue weighted by Crippen LogP contribution is 2.23. The smallest absolute Gasteiger partial charge is 0.233 e. The number of hydrogen-bond donors (Lipinski definition) is 0. The van der Waals surface area contributed by atoms with Crippen molar-refractivity contribution in [3.63, 3.8) is 0 Å². The lowest BCUT2D eigenvalue weighted by atomic mass is 10.2. The molecule has 0 saturated heterocycles. The van der Waals surface area contributed by atoms with Gasteiger partial charge in [0.25, 0.3) is 0 Å². The molecule has 1 aromatic carbocycles. The Kier molecular flexibility index (Phi) is 7.14. The number of thioether (sulfide) groups is 1. The fourth-order valence-electron chi connectivity index (χ4n) is 2.52. The zero-order valence-corrected chi connectivity index (χ0v) is 17.9. The predicted octanol–water partition coefficient (Wildman–Crippen LogP) is 4.67. The maximum absolute atomic E-state index is 12.5. The van der Waals surface area contributed by atoms with Crippen molar-refractivity contribution in [3.05, 3.63) is 45.7 Å². The van der Waals surface area contributed by atoms with Crippen LogP contribution in [0.1, 0.15) is 30.8 Å². The third-order valence-electron chi connectivity index (χ3n) is 4.09. The van der Waals surface area contributed by atoms with Gasteiger partial charge in [0.2, 0.25) is 5.91 Å². The van der Waals surface area contributed by atoms with E-state index in [0.29, 0.717) is 18.2 Å². The molecule has 25 heavy (non-hydrogen) atoms. The molecule has 1 heterocycles. The minimum absolute atomic E-state index is 0.107. The highest BCUT2D eigenvalue weighted by atomic mass is 79.9. The molecule has 0 bridgehead atoms. The van der Waals surface area contributed by atoms with Crippen LogP contribution in [-0.4, -0.2) is 33.2 Å². The van der Waals surface area contributed by atoms with Crippen LogP contribution in [0.15, 0.2) is 33.9 Å². The summed E-state index contributed by atoms with van der Waals surface area (Å²) in [7, 11) is 1.85. The molecule has 136 valence electrons. The van der Waals surface area contributed by atoms with Crippen molar-refractivity contribution in [1.82, 2.24) is 14.5 Å². The molecular weight excluding hydrogens is 398 g/mol. The van der Waals surface area contributed by atoms with Crippen LogP contribution in [0.4, 0.5) is 0 Å². The second kappa shape index (κ2) is 8.90. The summed E-state index contributed by atoms with van der Waals surface area (Å²) in [6.45, 7) is 10.0. The van der Waals surface area contributed by atoms with E-state index in [2.05, 4.69) is 46.3 Å². The number of imidazole rings is 1. The Labute approximate surface area is 163 Å². The van der Waals surface area contributed by atoms with Crippen LogP contribution >= 0.6 is 27.7 Å². The number of aromatic nitrogens is 2. The minimum Gasteiger partial charge on any atom is -0.341 e. The van der Waals surface area contributed by atoms with E-state index in [4.69, 9.17) is 0 Å². The van der Waals surface area contributed by atoms with Crippen molar-refractivity contribution in [3.8, 4) is 0 Å². The van der Waals surface area contributed by atoms with Crippen LogP contribution in [-0.2, 0) is 17.9 Å². The lowest BCUT2D eigenvalue weighted by Crippen LogP contribution is -2.28. The second-order valence-electron chi connectivity index (χ2n) is 6.70. The van der Waals surface area contributed by atoms with Gasteiger partial charge in [-0.3, -0.25) is 4.79 Å². The molecule has 2 aromatic rings. The third-order valence-corrected chi connectivity index (χ3v) is 5.82. The number of benzene rings is 1. The number of hydrogen-bond acceptors (Lipinski definition) is 3. The van der Waals surface area contributed by atoms with Gasteiger partial charge < -0.3 is 9.47 Å². The van der Waals surface area contributed by atoms with Gasteiger partial charge in [-0.1, -0.05) is 59.7 Å². The number of halogens is 1. The SMILES string of the molecule is Cc1nc(SCC(=O)N(C)Cc2ccccc2Br)n(CC(C)C)c1C. The van der Waals surface area contributed by atoms with Crippen LogP contribution in [0.5, 0.6) is 0 Å². The van der Waals surface area contributed by atoms with E-state index in [9.17, 15) is 4.79 Å². The largest absolute Gasteiger partial charge is 0.341 e. The molecule has 0 N–H and O–H groups in total. The van der Waals surface area contributed by atoms with Gasteiger partial charge in [-0.05, 0) is 31.4 Å². The zero-order valence-electron chi connectivity index (χ0n) is 15.5. The first-order valence-corrected chi connectivity index (χ1v) is 10.2. The highest BCUT2D eigenvalue weighted by molar-refractivity contribution is 9.10. The molecule has 0 radical (unpaired) electrons. The summed E-state index contributed by atoms with van der Waals surface area (Å²) in [6, 6.07) is 7.99. The van der Waals surface area contributed by atoms with Gasteiger partial charge in [-0.15, -0.1) is 0 Å². The van der Waals surface area contributed by atoms with Gasteiger partial charge >= 0.3 is 0 Å². The highest BCUT2D eigenvalue weighted by Gasteiger charge is 2.16. The second-order valence-corrected chi connectivity index (χ2v) is 8.50. The van der Waals surface area contributed by atoms with E-state index < -0.39 is 0 Å². The fourth-order valence-corrected chi connectivity index (χ4v) is 3.97. The van der Waals surface area contributed by atoms with E-state index in [1.807, 2.05) is 38.2 Å². The Morgan fingerprint density at radius 2 is 2.00 bits per heavy atom. The Morgan fingerprint density at radius 1 is 1.32 bits per heavy atom. The monoisotopic (exact) mass is 423 g/mol. The Morgan fingerprint density at radius 3 is 2.64 bits per heavy atom. The first-order valence-electron chi connectivity index (χ1n) is 8.43. The summed E-state index contributed by atoms with van der Waals surface area (Å²) in [5.74, 6) is 1.05. The number of amides is 1. The Balaban J connectivity index is 2.00. The van der Waals surface area contributed by atoms with Crippen molar-refractivity contribution in [2.75, 3.05) is 12.8 Å². The normalized spacial score (nSPS) is 11.2. The molecule has 4 nitrogen and oxygen atoms in total. The van der Waals surface area contributed by atoms with Crippen molar-refractivity contribution in [2.45, 2.75) is 45.9 Å².